The van der Waals surface area contributed by atoms with Gasteiger partial charge in [0, 0.05) is 0 Å². The number of rotatable bonds is 7. The van der Waals surface area contributed by atoms with Crippen LogP contribution in [0, 0.1) is 11.8 Å². The zero-order valence-corrected chi connectivity index (χ0v) is 27.8. The van der Waals surface area contributed by atoms with Gasteiger partial charge in [-0.1, -0.05) is 0 Å². The first kappa shape index (κ1) is 42.7. The smallest absolute Gasteiger partial charge is 1.00 e. The Morgan fingerprint density at radius 1 is 0.871 bits per heavy atom. The van der Waals surface area contributed by atoms with Gasteiger partial charge in [0.25, 0.3) is 6.47 Å². The van der Waals surface area contributed by atoms with Crippen molar-refractivity contribution in [3.05, 3.63) is 0 Å². The molecule has 0 aliphatic heterocycles. The van der Waals surface area contributed by atoms with Crippen LogP contribution in [0.25, 0.3) is 0 Å². The van der Waals surface area contributed by atoms with Gasteiger partial charge in [0.1, 0.15) is 0 Å². The van der Waals surface area contributed by atoms with Crippen LogP contribution in [0.2, 0.25) is 0 Å². The molecule has 0 spiro atoms. The first-order valence-electron chi connectivity index (χ1n) is 9.32. The van der Waals surface area contributed by atoms with Gasteiger partial charge in [-0.2, -0.15) is 0 Å². The quantitative estimate of drug-likeness (QED) is 0.124. The summed E-state index contributed by atoms with van der Waals surface area (Å²) in [5.41, 5.74) is -0.495. The number of carbonyl (C=O) groups excluding carboxylic acids is 2. The van der Waals surface area contributed by atoms with Crippen LogP contribution < -0.4 is 108 Å². The minimum Gasteiger partial charge on any atom is -1.00 e. The second-order valence-corrected chi connectivity index (χ2v) is 8.50. The van der Waals surface area contributed by atoms with Crippen molar-refractivity contribution in [3.8, 4) is 0 Å². The topological polar surface area (TPSA) is 131 Å². The summed E-state index contributed by atoms with van der Waals surface area (Å²) in [6.07, 6.45) is -0.366. The second-order valence-electron chi connectivity index (χ2n) is 8.50. The van der Waals surface area contributed by atoms with E-state index in [0.717, 1.165) is 0 Å². The predicted molar refractivity (Wildman–Crippen MR) is 107 cm³/mol. The third-order valence-corrected chi connectivity index (χ3v) is 3.49. The van der Waals surface area contributed by atoms with Crippen LogP contribution in [0.5, 0.6) is 0 Å². The summed E-state index contributed by atoms with van der Waals surface area (Å²) in [6.45, 7) is 18.6. The predicted octanol–water partition coefficient (Wildman–Crippen LogP) is -3.53. The van der Waals surface area contributed by atoms with E-state index in [0.29, 0.717) is 0 Å². The van der Waals surface area contributed by atoms with E-state index in [2.05, 4.69) is 9.62 Å². The Bertz CT molecular complexity index is 481. The van der Waals surface area contributed by atoms with E-state index in [1.54, 1.807) is 13.8 Å². The minimum absolute atomic E-state index is 0. The molecule has 0 aliphatic carbocycles. The molecule has 11 heteroatoms. The summed E-state index contributed by atoms with van der Waals surface area (Å²) in [5, 5.41) is 17.1. The van der Waals surface area contributed by atoms with Gasteiger partial charge < -0.3 is 30.9 Å². The fourth-order valence-corrected chi connectivity index (χ4v) is 1.90. The SMILES string of the molecule is CC(OC(C)(C)C)[C@H](C)C(=O)O.COC(=O)[C@@H](C)C(C)OC(C)(C)C.O=CO[O-].[H-].[K+].[K+]. The molecular weight excluding hydrogens is 462 g/mol. The first-order valence-corrected chi connectivity index (χ1v) is 9.32. The van der Waals surface area contributed by atoms with Gasteiger partial charge in [-0.05, 0) is 69.2 Å². The maximum Gasteiger partial charge on any atom is 1.00 e. The van der Waals surface area contributed by atoms with Crippen LogP contribution in [-0.2, 0) is 33.5 Å². The average Bonchev–Trinajstić information content (AvgIpc) is 2.57. The van der Waals surface area contributed by atoms with Crippen molar-refractivity contribution in [2.75, 3.05) is 7.11 Å². The van der Waals surface area contributed by atoms with Gasteiger partial charge in [-0.15, -0.1) is 0 Å². The molecule has 1 N–H and O–H groups in total. The summed E-state index contributed by atoms with van der Waals surface area (Å²) in [6, 6.07) is 0. The van der Waals surface area contributed by atoms with E-state index in [-0.39, 0.29) is 146 Å². The molecule has 0 saturated heterocycles. The van der Waals surface area contributed by atoms with Gasteiger partial charge in [0.15, 0.2) is 0 Å². The van der Waals surface area contributed by atoms with E-state index >= 15 is 0 Å². The number of carboxylic acids is 1. The number of carboxylic acid groups (broad SMARTS) is 1. The van der Waals surface area contributed by atoms with Crippen molar-refractivity contribution in [2.45, 2.75) is 92.6 Å². The molecule has 0 aliphatic rings. The summed E-state index contributed by atoms with van der Waals surface area (Å²) in [4.78, 5) is 32.9. The van der Waals surface area contributed by atoms with Crippen LogP contribution in [0.4, 0.5) is 0 Å². The number of carbonyl (C=O) groups is 3. The molecule has 31 heavy (non-hydrogen) atoms. The average molecular weight is 503 g/mol. The molecule has 0 rings (SSSR count). The van der Waals surface area contributed by atoms with E-state index in [1.807, 2.05) is 55.4 Å². The number of esters is 1. The minimum atomic E-state index is -0.813. The molecule has 0 aromatic carbocycles. The maximum atomic E-state index is 11.1. The summed E-state index contributed by atoms with van der Waals surface area (Å²) >= 11 is 0. The molecule has 0 aromatic heterocycles. The number of hydrogen-bond donors (Lipinski definition) is 1. The van der Waals surface area contributed by atoms with Crippen molar-refractivity contribution >= 4 is 18.4 Å². The van der Waals surface area contributed by atoms with Crippen LogP contribution in [-0.4, -0.2) is 54.0 Å². The van der Waals surface area contributed by atoms with Crippen LogP contribution >= 0.6 is 0 Å². The number of hydrogen-bond acceptors (Lipinski definition) is 8. The van der Waals surface area contributed by atoms with Crippen molar-refractivity contribution in [3.63, 3.8) is 0 Å². The Hall–Kier alpha value is 1.56. The molecule has 0 heterocycles. The van der Waals surface area contributed by atoms with Crippen LogP contribution in [0.1, 0.15) is 70.7 Å². The molecule has 0 amide bonds. The molecular formula is C20H40K2O9. The fraction of sp³-hybridized carbons (Fsp3) is 0.850. The van der Waals surface area contributed by atoms with Crippen molar-refractivity contribution in [1.82, 2.24) is 0 Å². The number of ether oxygens (including phenoxy) is 3. The summed E-state index contributed by atoms with van der Waals surface area (Å²) in [5.74, 6) is -1.71. The third kappa shape index (κ3) is 29.5. The van der Waals surface area contributed by atoms with Crippen molar-refractivity contribution in [2.24, 2.45) is 11.8 Å². The van der Waals surface area contributed by atoms with Gasteiger partial charge in [-0.25, -0.2) is 0 Å². The molecule has 0 fully saturated rings. The molecule has 4 atom stereocenters. The summed E-state index contributed by atoms with van der Waals surface area (Å²) in [7, 11) is 1.39. The van der Waals surface area contributed by atoms with E-state index < -0.39 is 11.9 Å². The van der Waals surface area contributed by atoms with E-state index in [4.69, 9.17) is 24.6 Å². The molecule has 0 bridgehead atoms. The molecule has 9 nitrogen and oxygen atoms in total. The molecule has 0 saturated carbocycles. The molecule has 0 radical (unpaired) electrons. The van der Waals surface area contributed by atoms with Gasteiger partial charge >= 0.3 is 115 Å². The fourth-order valence-electron chi connectivity index (χ4n) is 1.90. The Balaban J connectivity index is -0.0000000838. The van der Waals surface area contributed by atoms with Gasteiger partial charge in [-0.3, -0.25) is 14.4 Å². The number of aliphatic carboxylic acids is 1. The van der Waals surface area contributed by atoms with Crippen LogP contribution in [0.15, 0.2) is 0 Å². The number of methoxy groups -OCH3 is 1. The molecule has 0 aromatic rings. The van der Waals surface area contributed by atoms with E-state index in [1.165, 1.54) is 7.11 Å². The monoisotopic (exact) mass is 502 g/mol. The normalized spacial score (nSPS) is 14.2. The largest absolute Gasteiger partial charge is 1.00 e. The Kier molecular flexibility index (Phi) is 30.4. The Morgan fingerprint density at radius 2 is 1.16 bits per heavy atom. The van der Waals surface area contributed by atoms with Crippen LogP contribution in [0.3, 0.4) is 0 Å². The third-order valence-electron chi connectivity index (χ3n) is 3.49. The van der Waals surface area contributed by atoms with Gasteiger partial charge in [0.2, 0.25) is 0 Å². The zero-order chi connectivity index (χ0) is 24.0. The molecule has 2 unspecified atom stereocenters. The van der Waals surface area contributed by atoms with Crippen molar-refractivity contribution in [1.29, 1.82) is 0 Å². The Labute approximate surface area is 273 Å². The Morgan fingerprint density at radius 3 is 1.35 bits per heavy atom. The second kappa shape index (κ2) is 22.1. The standard InChI is InChI=1S/C10H20O3.C9H18O3.CH2O3.2K.H/c1-7(9(11)12-6)8(2)13-10(3,4)5;1-6(8(10)11)7(2)12-9(3,4)5;2-1-4-3;;;/h7-8H,1-6H3;6-7H,1-5H3,(H,10,11);1,3H;;;/q;;;2*+1;-1/p-1/t7-,8?;6-,7?;;;;/m00..../s1. The molecule has 176 valence electrons. The van der Waals surface area contributed by atoms with E-state index in [9.17, 15) is 9.59 Å². The van der Waals surface area contributed by atoms with Crippen molar-refractivity contribution < 1.29 is 148 Å². The first-order chi connectivity index (χ1) is 12.9. The van der Waals surface area contributed by atoms with Gasteiger partial charge in [0.05, 0.1) is 42.4 Å². The maximum absolute atomic E-state index is 11.1. The zero-order valence-electron chi connectivity index (χ0n) is 22.6. The summed E-state index contributed by atoms with van der Waals surface area (Å²) < 4.78 is 15.7.